The molecule has 2 aromatic carbocycles. The van der Waals surface area contributed by atoms with Gasteiger partial charge in [-0.25, -0.2) is 14.7 Å². The molecule has 1 N–H and O–H groups in total. The summed E-state index contributed by atoms with van der Waals surface area (Å²) in [5.74, 6) is 1.70. The normalized spacial score (nSPS) is 18.4. The van der Waals surface area contributed by atoms with Crippen molar-refractivity contribution in [2.45, 2.75) is 38.5 Å². The molecule has 160 valence electrons. The van der Waals surface area contributed by atoms with E-state index < -0.39 is 11.7 Å². The molecular formula is C24H26N4O3. The lowest BCUT2D eigenvalue weighted by atomic mass is 9.91. The standard InChI is InChI=1S/C24H26N4O3/c1-16(18-11-8-12-19(15-18)30-4)26-22-25-14-13-20(27-22)28-21(17-9-6-5-7-10-17)24(2,3)31-23(28)29/h5-16,21H,1-4H3,(H,25,26,27). The second kappa shape index (κ2) is 8.26. The first kappa shape index (κ1) is 20.7. The van der Waals surface area contributed by atoms with Crippen molar-refractivity contribution in [1.82, 2.24) is 9.97 Å². The van der Waals surface area contributed by atoms with Crippen LogP contribution in [-0.2, 0) is 4.74 Å². The van der Waals surface area contributed by atoms with Gasteiger partial charge in [0.2, 0.25) is 5.95 Å². The third-order valence-corrected chi connectivity index (χ3v) is 5.41. The van der Waals surface area contributed by atoms with Crippen LogP contribution in [0.25, 0.3) is 0 Å². The van der Waals surface area contributed by atoms with Crippen molar-refractivity contribution >= 4 is 17.9 Å². The summed E-state index contributed by atoms with van der Waals surface area (Å²) >= 11 is 0. The number of nitrogens with one attached hydrogen (secondary N) is 1. The fourth-order valence-electron chi connectivity index (χ4n) is 3.90. The summed E-state index contributed by atoms with van der Waals surface area (Å²) in [5, 5.41) is 3.31. The molecule has 31 heavy (non-hydrogen) atoms. The van der Waals surface area contributed by atoms with Gasteiger partial charge < -0.3 is 14.8 Å². The van der Waals surface area contributed by atoms with Crippen molar-refractivity contribution in [3.05, 3.63) is 78.0 Å². The number of anilines is 2. The quantitative estimate of drug-likeness (QED) is 0.598. The van der Waals surface area contributed by atoms with E-state index in [0.717, 1.165) is 16.9 Å². The number of hydrogen-bond donors (Lipinski definition) is 1. The molecule has 1 fully saturated rings. The van der Waals surface area contributed by atoms with E-state index in [4.69, 9.17) is 9.47 Å². The summed E-state index contributed by atoms with van der Waals surface area (Å²) in [7, 11) is 1.64. The number of aromatic nitrogens is 2. The molecule has 0 radical (unpaired) electrons. The molecule has 2 unspecified atom stereocenters. The molecule has 1 amide bonds. The van der Waals surface area contributed by atoms with Crippen LogP contribution in [0.2, 0.25) is 0 Å². The highest BCUT2D eigenvalue weighted by Crippen LogP contribution is 2.43. The van der Waals surface area contributed by atoms with E-state index in [1.807, 2.05) is 75.4 Å². The molecule has 2 atom stereocenters. The highest BCUT2D eigenvalue weighted by molar-refractivity contribution is 5.90. The van der Waals surface area contributed by atoms with E-state index in [1.54, 1.807) is 24.3 Å². The van der Waals surface area contributed by atoms with Crippen LogP contribution in [0.15, 0.2) is 66.9 Å². The van der Waals surface area contributed by atoms with Crippen LogP contribution in [0.4, 0.5) is 16.6 Å². The van der Waals surface area contributed by atoms with Gasteiger partial charge in [-0.2, -0.15) is 4.98 Å². The van der Waals surface area contributed by atoms with Crippen LogP contribution < -0.4 is 15.0 Å². The van der Waals surface area contributed by atoms with E-state index in [2.05, 4.69) is 15.3 Å². The van der Waals surface area contributed by atoms with Gasteiger partial charge in [0.25, 0.3) is 0 Å². The number of hydrogen-bond acceptors (Lipinski definition) is 6. The largest absolute Gasteiger partial charge is 0.497 e. The average molecular weight is 418 g/mol. The lowest BCUT2D eigenvalue weighted by Crippen LogP contribution is -2.34. The van der Waals surface area contributed by atoms with Gasteiger partial charge in [-0.3, -0.25) is 0 Å². The third kappa shape index (κ3) is 4.17. The molecule has 1 saturated heterocycles. The van der Waals surface area contributed by atoms with Crippen molar-refractivity contribution in [1.29, 1.82) is 0 Å². The maximum atomic E-state index is 12.8. The number of nitrogens with zero attached hydrogens (tertiary/aromatic N) is 3. The summed E-state index contributed by atoms with van der Waals surface area (Å²) in [6, 6.07) is 19.0. The van der Waals surface area contributed by atoms with Crippen molar-refractivity contribution < 1.29 is 14.3 Å². The molecule has 0 aliphatic carbocycles. The Balaban J connectivity index is 1.63. The number of amides is 1. The molecule has 7 heteroatoms. The molecule has 0 spiro atoms. The van der Waals surface area contributed by atoms with Crippen molar-refractivity contribution in [3.63, 3.8) is 0 Å². The first-order valence-electron chi connectivity index (χ1n) is 10.2. The average Bonchev–Trinajstić information content (AvgIpc) is 3.02. The van der Waals surface area contributed by atoms with Gasteiger partial charge in [0.05, 0.1) is 13.2 Å². The summed E-state index contributed by atoms with van der Waals surface area (Å²) < 4.78 is 11.0. The first-order valence-corrected chi connectivity index (χ1v) is 10.2. The van der Waals surface area contributed by atoms with E-state index in [-0.39, 0.29) is 12.1 Å². The van der Waals surface area contributed by atoms with Gasteiger partial charge >= 0.3 is 6.09 Å². The Kier molecular flexibility index (Phi) is 5.50. The Bertz CT molecular complexity index is 1070. The van der Waals surface area contributed by atoms with Crippen molar-refractivity contribution in [2.24, 2.45) is 0 Å². The summed E-state index contributed by atoms with van der Waals surface area (Å²) in [5.41, 5.74) is 1.32. The highest BCUT2D eigenvalue weighted by atomic mass is 16.6. The molecule has 3 aromatic rings. The third-order valence-electron chi connectivity index (χ3n) is 5.41. The number of methoxy groups -OCH3 is 1. The molecule has 7 nitrogen and oxygen atoms in total. The number of carbonyl (C=O) groups excluding carboxylic acids is 1. The van der Waals surface area contributed by atoms with E-state index >= 15 is 0 Å². The maximum absolute atomic E-state index is 12.8. The molecule has 2 heterocycles. The van der Waals surface area contributed by atoms with Gasteiger partial charge in [0, 0.05) is 6.20 Å². The lowest BCUT2D eigenvalue weighted by Gasteiger charge is -2.28. The predicted octanol–water partition coefficient (Wildman–Crippen LogP) is 5.13. The highest BCUT2D eigenvalue weighted by Gasteiger charge is 2.49. The number of benzene rings is 2. The van der Waals surface area contributed by atoms with Crippen LogP contribution in [-0.4, -0.2) is 28.8 Å². The Hall–Kier alpha value is -3.61. The Morgan fingerprint density at radius 3 is 2.65 bits per heavy atom. The maximum Gasteiger partial charge on any atom is 0.416 e. The SMILES string of the molecule is COc1cccc(C(C)Nc2nccc(N3C(=O)OC(C)(C)C3c3ccccc3)n2)c1. The summed E-state index contributed by atoms with van der Waals surface area (Å²) in [6.07, 6.45) is 1.22. The van der Waals surface area contributed by atoms with Gasteiger partial charge in [-0.05, 0) is 50.1 Å². The smallest absolute Gasteiger partial charge is 0.416 e. The van der Waals surface area contributed by atoms with Gasteiger partial charge in [-0.15, -0.1) is 0 Å². The monoisotopic (exact) mass is 418 g/mol. The first-order chi connectivity index (χ1) is 14.9. The van der Waals surface area contributed by atoms with Crippen LogP contribution in [0.1, 0.15) is 44.0 Å². The second-order valence-corrected chi connectivity index (χ2v) is 8.04. The Morgan fingerprint density at radius 2 is 1.90 bits per heavy atom. The van der Waals surface area contributed by atoms with Crippen LogP contribution in [0, 0.1) is 0 Å². The van der Waals surface area contributed by atoms with Gasteiger partial charge in [0.1, 0.15) is 23.2 Å². The topological polar surface area (TPSA) is 76.6 Å². The van der Waals surface area contributed by atoms with E-state index in [9.17, 15) is 4.79 Å². The zero-order valence-corrected chi connectivity index (χ0v) is 18.1. The molecule has 0 bridgehead atoms. The van der Waals surface area contributed by atoms with Crippen LogP contribution >= 0.6 is 0 Å². The number of ether oxygens (including phenoxy) is 2. The molecule has 1 aromatic heterocycles. The summed E-state index contributed by atoms with van der Waals surface area (Å²) in [6.45, 7) is 5.84. The zero-order chi connectivity index (χ0) is 22.0. The number of carbonyl (C=O) groups is 1. The molecule has 0 saturated carbocycles. The minimum atomic E-state index is -0.704. The predicted molar refractivity (Wildman–Crippen MR) is 119 cm³/mol. The summed E-state index contributed by atoms with van der Waals surface area (Å²) in [4.78, 5) is 23.4. The van der Waals surface area contributed by atoms with Gasteiger partial charge in [-0.1, -0.05) is 42.5 Å². The van der Waals surface area contributed by atoms with E-state index in [0.29, 0.717) is 11.8 Å². The molecule has 4 rings (SSSR count). The molecular weight excluding hydrogens is 392 g/mol. The van der Waals surface area contributed by atoms with Crippen molar-refractivity contribution in [2.75, 3.05) is 17.3 Å². The fraction of sp³-hybridized carbons (Fsp3) is 0.292. The zero-order valence-electron chi connectivity index (χ0n) is 18.1. The van der Waals surface area contributed by atoms with Gasteiger partial charge in [0.15, 0.2) is 0 Å². The van der Waals surface area contributed by atoms with Crippen LogP contribution in [0.3, 0.4) is 0 Å². The Morgan fingerprint density at radius 1 is 1.13 bits per heavy atom. The van der Waals surface area contributed by atoms with E-state index in [1.165, 1.54) is 0 Å². The minimum absolute atomic E-state index is 0.0581. The molecule has 1 aliphatic rings. The minimum Gasteiger partial charge on any atom is -0.497 e. The Labute approximate surface area is 182 Å². The molecule has 1 aliphatic heterocycles. The fourth-order valence-corrected chi connectivity index (χ4v) is 3.90. The number of rotatable bonds is 6. The van der Waals surface area contributed by atoms with Crippen molar-refractivity contribution in [3.8, 4) is 5.75 Å². The lowest BCUT2D eigenvalue weighted by molar-refractivity contribution is 0.0685. The van der Waals surface area contributed by atoms with Crippen LogP contribution in [0.5, 0.6) is 5.75 Å². The number of cyclic esters (lactones) is 1. The second-order valence-electron chi connectivity index (χ2n) is 8.04.